The zero-order valence-electron chi connectivity index (χ0n) is 11.6. The number of nitrogens with zero attached hydrogens (tertiary/aromatic N) is 1. The highest BCUT2D eigenvalue weighted by Gasteiger charge is 2.34. The molecule has 0 spiro atoms. The third-order valence-electron chi connectivity index (χ3n) is 3.70. The van der Waals surface area contributed by atoms with Crippen LogP contribution in [0.2, 0.25) is 0 Å². The van der Waals surface area contributed by atoms with Crippen molar-refractivity contribution in [1.82, 2.24) is 10.2 Å². The minimum Gasteiger partial charge on any atom is -0.313 e. The van der Waals surface area contributed by atoms with E-state index in [9.17, 15) is 13.2 Å². The molecule has 2 nitrogen and oxygen atoms in total. The van der Waals surface area contributed by atoms with Crippen molar-refractivity contribution in [3.8, 4) is 0 Å². The van der Waals surface area contributed by atoms with Gasteiger partial charge in [-0.1, -0.05) is 20.8 Å². The predicted octanol–water partition coefficient (Wildman–Crippen LogP) is 3.04. The first-order chi connectivity index (χ1) is 8.28. The van der Waals surface area contributed by atoms with Crippen LogP contribution in [0.1, 0.15) is 40.0 Å². The van der Waals surface area contributed by atoms with Gasteiger partial charge in [0, 0.05) is 19.1 Å². The highest BCUT2D eigenvalue weighted by molar-refractivity contribution is 4.87. The number of hydrogen-bond acceptors (Lipinski definition) is 2. The van der Waals surface area contributed by atoms with Crippen molar-refractivity contribution in [2.45, 2.75) is 52.3 Å². The van der Waals surface area contributed by atoms with Crippen molar-refractivity contribution in [2.75, 3.05) is 26.2 Å². The van der Waals surface area contributed by atoms with Crippen LogP contribution in [0.15, 0.2) is 0 Å². The van der Waals surface area contributed by atoms with E-state index >= 15 is 0 Å². The molecule has 1 aliphatic rings. The minimum atomic E-state index is -4.10. The van der Waals surface area contributed by atoms with Crippen LogP contribution >= 0.6 is 0 Å². The fourth-order valence-electron chi connectivity index (χ4n) is 2.04. The van der Waals surface area contributed by atoms with Crippen molar-refractivity contribution >= 4 is 0 Å². The van der Waals surface area contributed by atoms with Gasteiger partial charge in [0.05, 0.1) is 6.54 Å². The summed E-state index contributed by atoms with van der Waals surface area (Å²) in [7, 11) is 0. The van der Waals surface area contributed by atoms with Crippen LogP contribution in [-0.2, 0) is 0 Å². The molecule has 1 N–H and O–H groups in total. The number of nitrogens with one attached hydrogen (secondary N) is 1. The Morgan fingerprint density at radius 3 is 2.17 bits per heavy atom. The number of halogens is 3. The largest absolute Gasteiger partial charge is 0.401 e. The molecule has 0 aromatic rings. The van der Waals surface area contributed by atoms with Gasteiger partial charge in [-0.2, -0.15) is 13.2 Å². The van der Waals surface area contributed by atoms with E-state index in [4.69, 9.17) is 0 Å². The third kappa shape index (κ3) is 6.05. The lowest BCUT2D eigenvalue weighted by atomic mass is 9.86. The van der Waals surface area contributed by atoms with E-state index in [-0.39, 0.29) is 5.41 Å². The van der Waals surface area contributed by atoms with Gasteiger partial charge < -0.3 is 5.32 Å². The molecule has 5 heteroatoms. The quantitative estimate of drug-likeness (QED) is 0.726. The monoisotopic (exact) mass is 266 g/mol. The SMILES string of the molecule is CCN(CC(F)(F)F)CC(C)(CC)CNC1CC1. The highest BCUT2D eigenvalue weighted by atomic mass is 19.4. The zero-order valence-corrected chi connectivity index (χ0v) is 11.6. The Labute approximate surface area is 108 Å². The van der Waals surface area contributed by atoms with Crippen molar-refractivity contribution in [3.05, 3.63) is 0 Å². The topological polar surface area (TPSA) is 15.3 Å². The van der Waals surface area contributed by atoms with Crippen LogP contribution in [-0.4, -0.2) is 43.3 Å². The first kappa shape index (κ1) is 15.8. The van der Waals surface area contributed by atoms with E-state index < -0.39 is 12.7 Å². The summed E-state index contributed by atoms with van der Waals surface area (Å²) in [5, 5.41) is 3.43. The Morgan fingerprint density at radius 1 is 1.17 bits per heavy atom. The fourth-order valence-corrected chi connectivity index (χ4v) is 2.04. The van der Waals surface area contributed by atoms with Gasteiger partial charge >= 0.3 is 6.18 Å². The Morgan fingerprint density at radius 2 is 1.78 bits per heavy atom. The molecule has 1 saturated carbocycles. The summed E-state index contributed by atoms with van der Waals surface area (Å²) in [6, 6.07) is 0.605. The first-order valence-corrected chi connectivity index (χ1v) is 6.80. The summed E-state index contributed by atoms with van der Waals surface area (Å²) in [5.41, 5.74) is -0.0795. The van der Waals surface area contributed by atoms with Gasteiger partial charge in [-0.25, -0.2) is 0 Å². The second kappa shape index (κ2) is 6.24. The van der Waals surface area contributed by atoms with Crippen molar-refractivity contribution < 1.29 is 13.2 Å². The molecule has 0 aliphatic heterocycles. The molecule has 108 valence electrons. The van der Waals surface area contributed by atoms with Crippen molar-refractivity contribution in [2.24, 2.45) is 5.41 Å². The van der Waals surface area contributed by atoms with Gasteiger partial charge in [0.2, 0.25) is 0 Å². The van der Waals surface area contributed by atoms with Crippen molar-refractivity contribution in [3.63, 3.8) is 0 Å². The Bertz CT molecular complexity index is 251. The first-order valence-electron chi connectivity index (χ1n) is 6.80. The molecule has 1 rings (SSSR count). The molecule has 1 atom stereocenters. The van der Waals surface area contributed by atoms with E-state index in [0.29, 0.717) is 19.1 Å². The zero-order chi connectivity index (χ0) is 13.8. The average molecular weight is 266 g/mol. The summed E-state index contributed by atoms with van der Waals surface area (Å²) in [4.78, 5) is 1.50. The molecule has 0 heterocycles. The molecule has 0 aromatic heterocycles. The van der Waals surface area contributed by atoms with Crippen LogP contribution in [0, 0.1) is 5.41 Å². The molecule has 1 fully saturated rings. The van der Waals surface area contributed by atoms with Crippen molar-refractivity contribution in [1.29, 1.82) is 0 Å². The molecule has 1 aliphatic carbocycles. The van der Waals surface area contributed by atoms with Crippen LogP contribution in [0.4, 0.5) is 13.2 Å². The molecule has 18 heavy (non-hydrogen) atoms. The lowest BCUT2D eigenvalue weighted by Gasteiger charge is -2.35. The van der Waals surface area contributed by atoms with Gasteiger partial charge in [0.15, 0.2) is 0 Å². The van der Waals surface area contributed by atoms with Crippen LogP contribution < -0.4 is 5.32 Å². The average Bonchev–Trinajstić information content (AvgIpc) is 3.07. The van der Waals surface area contributed by atoms with Crippen LogP contribution in [0.5, 0.6) is 0 Å². The summed E-state index contributed by atoms with van der Waals surface area (Å²) >= 11 is 0. The van der Waals surface area contributed by atoms with Crippen LogP contribution in [0.25, 0.3) is 0 Å². The molecule has 0 bridgehead atoms. The maximum Gasteiger partial charge on any atom is 0.401 e. The van der Waals surface area contributed by atoms with Gasteiger partial charge in [0.1, 0.15) is 0 Å². The number of rotatable bonds is 8. The third-order valence-corrected chi connectivity index (χ3v) is 3.70. The van der Waals surface area contributed by atoms with E-state index in [1.807, 2.05) is 0 Å². The normalized spacial score (nSPS) is 20.2. The fraction of sp³-hybridized carbons (Fsp3) is 1.00. The lowest BCUT2D eigenvalue weighted by Crippen LogP contribution is -2.45. The standard InChI is InChI=1S/C13H25F3N2/c1-4-12(3,8-17-11-6-7-11)9-18(5-2)10-13(14,15)16/h11,17H,4-10H2,1-3H3. The van der Waals surface area contributed by atoms with Gasteiger partial charge in [-0.3, -0.25) is 4.90 Å². The number of alkyl halides is 3. The van der Waals surface area contributed by atoms with Gasteiger partial charge in [0.25, 0.3) is 0 Å². The van der Waals surface area contributed by atoms with Gasteiger partial charge in [-0.05, 0) is 31.2 Å². The molecular formula is C13H25F3N2. The van der Waals surface area contributed by atoms with E-state index in [2.05, 4.69) is 19.2 Å². The maximum absolute atomic E-state index is 12.4. The van der Waals surface area contributed by atoms with E-state index in [0.717, 1.165) is 13.0 Å². The Kier molecular flexibility index (Phi) is 5.46. The summed E-state index contributed by atoms with van der Waals surface area (Å²) in [5.74, 6) is 0. The van der Waals surface area contributed by atoms with Crippen LogP contribution in [0.3, 0.4) is 0 Å². The maximum atomic E-state index is 12.4. The van der Waals surface area contributed by atoms with E-state index in [1.165, 1.54) is 17.7 Å². The van der Waals surface area contributed by atoms with E-state index in [1.54, 1.807) is 6.92 Å². The predicted molar refractivity (Wildman–Crippen MR) is 67.6 cm³/mol. The highest BCUT2D eigenvalue weighted by Crippen LogP contribution is 2.27. The summed E-state index contributed by atoms with van der Waals surface area (Å²) < 4.78 is 37.3. The number of hydrogen-bond donors (Lipinski definition) is 1. The second-order valence-electron chi connectivity index (χ2n) is 5.74. The second-order valence-corrected chi connectivity index (χ2v) is 5.74. The molecule has 0 amide bonds. The molecular weight excluding hydrogens is 241 g/mol. The lowest BCUT2D eigenvalue weighted by molar-refractivity contribution is -0.148. The van der Waals surface area contributed by atoms with Gasteiger partial charge in [-0.15, -0.1) is 0 Å². The molecule has 1 unspecified atom stereocenters. The molecule has 0 saturated heterocycles. The Hall–Kier alpha value is -0.290. The molecule has 0 aromatic carbocycles. The smallest absolute Gasteiger partial charge is 0.313 e. The minimum absolute atomic E-state index is 0.0795. The summed E-state index contributed by atoms with van der Waals surface area (Å²) in [6.45, 7) is 6.86. The summed E-state index contributed by atoms with van der Waals surface area (Å²) in [6.07, 6.45) is -0.796. The molecule has 0 radical (unpaired) electrons. The Balaban J connectivity index is 2.46.